The highest BCUT2D eigenvalue weighted by Crippen LogP contribution is 2.44. The number of nitrogens with zero attached hydrogens (tertiary/aromatic N) is 1. The van der Waals surface area contributed by atoms with Crippen molar-refractivity contribution in [2.45, 2.75) is 40.9 Å². The largest absolute Gasteiger partial charge is 0.289 e. The zero-order valence-electron chi connectivity index (χ0n) is 8.65. The Labute approximate surface area is 105 Å². The Hall–Kier alpha value is 0.600. The van der Waals surface area contributed by atoms with Gasteiger partial charge in [0.25, 0.3) is 0 Å². The molecule has 0 aromatic carbocycles. The van der Waals surface area contributed by atoms with Gasteiger partial charge < -0.3 is 0 Å². The minimum absolute atomic E-state index is 0.311. The van der Waals surface area contributed by atoms with Gasteiger partial charge in [0.2, 0.25) is 10.0 Å². The number of alkyl halides is 1. The smallest absolute Gasteiger partial charge is 0.212 e. The number of hydrogen-bond donors (Lipinski definition) is 1. The molecular weight excluding hydrogens is 327 g/mol. The molecule has 1 saturated carbocycles. The quantitative estimate of drug-likeness (QED) is 0.463. The van der Waals surface area contributed by atoms with E-state index in [1.807, 2.05) is 0 Å². The van der Waals surface area contributed by atoms with Crippen LogP contribution < -0.4 is 5.14 Å². The third kappa shape index (κ3) is 2.48. The summed E-state index contributed by atoms with van der Waals surface area (Å²) in [5, 5.41) is 4.85. The van der Waals surface area contributed by atoms with Crippen molar-refractivity contribution in [3.63, 3.8) is 0 Å². The van der Waals surface area contributed by atoms with Crippen LogP contribution in [0, 0.1) is 0 Å². The minimum Gasteiger partial charge on any atom is -0.289 e. The predicted octanol–water partition coefficient (Wildman–Crippen LogP) is 1.05. The molecule has 0 aromatic heterocycles. The number of hydrogen-bond acceptors (Lipinski definition) is 3. The molecule has 2 rings (SSSR count). The molecule has 1 aliphatic heterocycles. The molecule has 6 heteroatoms. The molecule has 88 valence electrons. The van der Waals surface area contributed by atoms with Gasteiger partial charge in [-0.25, -0.2) is 13.6 Å². The Morgan fingerprint density at radius 3 is 2.13 bits per heavy atom. The van der Waals surface area contributed by atoms with Gasteiger partial charge in [0.1, 0.15) is 0 Å². The van der Waals surface area contributed by atoms with Gasteiger partial charge in [0.15, 0.2) is 0 Å². The molecule has 2 aliphatic rings. The van der Waals surface area contributed by atoms with Crippen LogP contribution in [0.5, 0.6) is 0 Å². The molecule has 0 spiro atoms. The van der Waals surface area contributed by atoms with E-state index in [1.165, 1.54) is 19.3 Å². The number of piperidine rings is 1. The summed E-state index contributed by atoms with van der Waals surface area (Å²) in [7, 11) is -3.31. The predicted molar refractivity (Wildman–Crippen MR) is 68.3 cm³/mol. The topological polar surface area (TPSA) is 63.4 Å². The second kappa shape index (κ2) is 4.12. The maximum absolute atomic E-state index is 11.2. The molecule has 1 aliphatic carbocycles. The Morgan fingerprint density at radius 2 is 1.80 bits per heavy atom. The zero-order chi connectivity index (χ0) is 11.1. The van der Waals surface area contributed by atoms with Crippen molar-refractivity contribution in [2.24, 2.45) is 5.14 Å². The van der Waals surface area contributed by atoms with Crippen molar-refractivity contribution >= 4 is 32.6 Å². The van der Waals surface area contributed by atoms with Crippen molar-refractivity contribution in [3.05, 3.63) is 0 Å². The lowest BCUT2D eigenvalue weighted by Gasteiger charge is -2.48. The first-order chi connectivity index (χ1) is 6.92. The Balaban J connectivity index is 1.92. The second-order valence-electron chi connectivity index (χ2n) is 4.55. The Kier molecular flexibility index (Phi) is 3.31. The Bertz CT molecular complexity index is 332. The molecule has 0 atom stereocenters. The van der Waals surface area contributed by atoms with Crippen LogP contribution in [0.3, 0.4) is 0 Å². The molecule has 0 amide bonds. The molecule has 0 unspecified atom stereocenters. The lowest BCUT2D eigenvalue weighted by Crippen LogP contribution is -2.53. The van der Waals surface area contributed by atoms with Gasteiger partial charge in [0.05, 0.1) is 8.80 Å². The summed E-state index contributed by atoms with van der Waals surface area (Å²) < 4.78 is 22.7. The van der Waals surface area contributed by atoms with Gasteiger partial charge in [-0.05, 0) is 32.1 Å². The zero-order valence-corrected chi connectivity index (χ0v) is 11.6. The summed E-state index contributed by atoms with van der Waals surface area (Å²) in [6.07, 6.45) is 5.19. The van der Waals surface area contributed by atoms with Crippen LogP contribution in [0.25, 0.3) is 0 Å². The highest BCUT2D eigenvalue weighted by Gasteiger charge is 2.42. The molecule has 15 heavy (non-hydrogen) atoms. The molecule has 2 fully saturated rings. The average molecular weight is 344 g/mol. The summed E-state index contributed by atoms with van der Waals surface area (Å²) in [4.78, 5) is 2.43. The van der Waals surface area contributed by atoms with E-state index >= 15 is 0 Å². The number of halogens is 1. The van der Waals surface area contributed by atoms with Gasteiger partial charge in [-0.3, -0.25) is 4.90 Å². The summed E-state index contributed by atoms with van der Waals surface area (Å²) in [5.74, 6) is 0. The van der Waals surface area contributed by atoms with Crippen molar-refractivity contribution in [2.75, 3.05) is 13.1 Å². The minimum atomic E-state index is -3.31. The average Bonchev–Trinajstić information content (AvgIpc) is 2.13. The highest BCUT2D eigenvalue weighted by atomic mass is 127. The molecule has 2 N–H and O–H groups in total. The third-order valence-electron chi connectivity index (χ3n) is 3.59. The van der Waals surface area contributed by atoms with Gasteiger partial charge >= 0.3 is 0 Å². The summed E-state index contributed by atoms with van der Waals surface area (Å²) in [6.45, 7) is 1.76. The number of nitrogens with two attached hydrogens (primary N) is 1. The third-order valence-corrected chi connectivity index (χ3v) is 6.75. The summed E-state index contributed by atoms with van der Waals surface area (Å²) in [6, 6.07) is 0. The Morgan fingerprint density at radius 1 is 1.27 bits per heavy atom. The first kappa shape index (κ1) is 12.1. The van der Waals surface area contributed by atoms with E-state index in [4.69, 9.17) is 5.14 Å². The van der Waals surface area contributed by atoms with E-state index in [1.54, 1.807) is 0 Å². The van der Waals surface area contributed by atoms with Crippen molar-refractivity contribution < 1.29 is 8.42 Å². The number of rotatable bonds is 2. The van der Waals surface area contributed by atoms with Crippen LogP contribution in [0.2, 0.25) is 0 Å². The maximum atomic E-state index is 11.2. The van der Waals surface area contributed by atoms with Gasteiger partial charge in [-0.2, -0.15) is 0 Å². The molecule has 0 bridgehead atoms. The van der Waals surface area contributed by atoms with E-state index < -0.39 is 10.0 Å². The molecular formula is C9H17IN2O2S. The van der Waals surface area contributed by atoms with Crippen molar-refractivity contribution in [1.29, 1.82) is 0 Å². The van der Waals surface area contributed by atoms with E-state index in [0.717, 1.165) is 13.1 Å². The lowest BCUT2D eigenvalue weighted by atomic mass is 9.90. The second-order valence-corrected chi connectivity index (χ2v) is 8.40. The molecule has 1 saturated heterocycles. The van der Waals surface area contributed by atoms with E-state index in [0.29, 0.717) is 16.4 Å². The van der Waals surface area contributed by atoms with E-state index in [2.05, 4.69) is 27.5 Å². The van der Waals surface area contributed by atoms with Gasteiger partial charge in [0, 0.05) is 13.1 Å². The summed E-state index contributed by atoms with van der Waals surface area (Å²) in [5.41, 5.74) is 0. The standard InChI is InChI=1S/C9H17IN2O2S/c10-9(4-1-5-9)12-6-2-8(3-7-12)15(11,13)14/h8H,1-7H2,(H2,11,13,14). The van der Waals surface area contributed by atoms with Crippen molar-refractivity contribution in [3.8, 4) is 0 Å². The van der Waals surface area contributed by atoms with Crippen LogP contribution in [-0.2, 0) is 10.0 Å². The molecule has 0 radical (unpaired) electrons. The van der Waals surface area contributed by atoms with Crippen molar-refractivity contribution in [1.82, 2.24) is 4.90 Å². The normalized spacial score (nSPS) is 28.7. The number of likely N-dealkylation sites (tertiary alicyclic amines) is 1. The fourth-order valence-corrected chi connectivity index (χ4v) is 4.48. The van der Waals surface area contributed by atoms with Crippen LogP contribution >= 0.6 is 22.6 Å². The number of sulfonamides is 1. The lowest BCUT2D eigenvalue weighted by molar-refractivity contribution is 0.0920. The molecule has 4 nitrogen and oxygen atoms in total. The highest BCUT2D eigenvalue weighted by molar-refractivity contribution is 14.1. The van der Waals surface area contributed by atoms with Crippen LogP contribution in [0.4, 0.5) is 0 Å². The van der Waals surface area contributed by atoms with E-state index in [-0.39, 0.29) is 5.25 Å². The molecule has 1 heterocycles. The first-order valence-electron chi connectivity index (χ1n) is 5.37. The first-order valence-corrected chi connectivity index (χ1v) is 8.06. The fourth-order valence-electron chi connectivity index (χ4n) is 2.37. The SMILES string of the molecule is NS(=O)(=O)C1CCN(C2(I)CCC2)CC1. The number of primary sulfonamides is 1. The monoisotopic (exact) mass is 344 g/mol. The van der Waals surface area contributed by atoms with Crippen LogP contribution in [0.15, 0.2) is 0 Å². The fraction of sp³-hybridized carbons (Fsp3) is 1.00. The summed E-state index contributed by atoms with van der Waals surface area (Å²) >= 11 is 2.52. The van der Waals surface area contributed by atoms with E-state index in [9.17, 15) is 8.42 Å². The van der Waals surface area contributed by atoms with Crippen LogP contribution in [0.1, 0.15) is 32.1 Å². The molecule has 0 aromatic rings. The van der Waals surface area contributed by atoms with Gasteiger partial charge in [-0.15, -0.1) is 0 Å². The maximum Gasteiger partial charge on any atom is 0.212 e. The van der Waals surface area contributed by atoms with Gasteiger partial charge in [-0.1, -0.05) is 22.6 Å². The van der Waals surface area contributed by atoms with Crippen LogP contribution in [-0.4, -0.2) is 35.2 Å².